The predicted molar refractivity (Wildman–Crippen MR) is 69.2 cm³/mol. The first-order valence-electron chi connectivity index (χ1n) is 6.74. The second-order valence-corrected chi connectivity index (χ2v) is 5.02. The molecular weight excluding hydrogens is 232 g/mol. The number of amides is 2. The van der Waals surface area contributed by atoms with Crippen LogP contribution in [0, 0.1) is 5.92 Å². The van der Waals surface area contributed by atoms with Gasteiger partial charge in [-0.05, 0) is 19.3 Å². The Kier molecular flexibility index (Phi) is 5.95. The van der Waals surface area contributed by atoms with Crippen LogP contribution in [-0.2, 0) is 9.53 Å². The van der Waals surface area contributed by atoms with Crippen LogP contribution in [0.1, 0.15) is 33.6 Å². The van der Waals surface area contributed by atoms with Crippen LogP contribution in [0.3, 0.4) is 0 Å². The van der Waals surface area contributed by atoms with E-state index in [0.29, 0.717) is 38.6 Å². The number of rotatable bonds is 3. The summed E-state index contributed by atoms with van der Waals surface area (Å²) in [5.74, 6) is 0.567. The summed E-state index contributed by atoms with van der Waals surface area (Å²) in [5.41, 5.74) is 0. The molecule has 5 heteroatoms. The van der Waals surface area contributed by atoms with Crippen molar-refractivity contribution >= 4 is 12.0 Å². The molecule has 0 atom stereocenters. The Labute approximate surface area is 109 Å². The molecule has 1 saturated heterocycles. The molecule has 0 radical (unpaired) electrons. The fourth-order valence-corrected chi connectivity index (χ4v) is 2.04. The molecular formula is C13H24N2O3. The Hall–Kier alpha value is -1.26. The Morgan fingerprint density at radius 1 is 1.11 bits per heavy atom. The molecule has 1 fully saturated rings. The molecule has 1 aliphatic rings. The van der Waals surface area contributed by atoms with E-state index in [1.54, 1.807) is 11.8 Å². The van der Waals surface area contributed by atoms with Gasteiger partial charge in [0.2, 0.25) is 5.91 Å². The van der Waals surface area contributed by atoms with Crippen molar-refractivity contribution in [2.75, 3.05) is 32.8 Å². The van der Waals surface area contributed by atoms with Crippen LogP contribution < -0.4 is 0 Å². The van der Waals surface area contributed by atoms with Crippen LogP contribution >= 0.6 is 0 Å². The summed E-state index contributed by atoms with van der Waals surface area (Å²) in [6, 6.07) is 0. The molecule has 2 amide bonds. The lowest BCUT2D eigenvalue weighted by atomic mass is 10.1. The van der Waals surface area contributed by atoms with Gasteiger partial charge in [-0.1, -0.05) is 13.8 Å². The first-order valence-corrected chi connectivity index (χ1v) is 6.74. The summed E-state index contributed by atoms with van der Waals surface area (Å²) in [6.45, 7) is 8.87. The van der Waals surface area contributed by atoms with Crippen molar-refractivity contribution in [1.29, 1.82) is 0 Å². The molecule has 0 unspecified atom stereocenters. The summed E-state index contributed by atoms with van der Waals surface area (Å²) < 4.78 is 4.98. The summed E-state index contributed by atoms with van der Waals surface area (Å²) in [6.07, 6.45) is 1.14. The second-order valence-electron chi connectivity index (χ2n) is 5.02. The lowest BCUT2D eigenvalue weighted by Crippen LogP contribution is -2.37. The van der Waals surface area contributed by atoms with Gasteiger partial charge in [-0.15, -0.1) is 0 Å². The van der Waals surface area contributed by atoms with Crippen LogP contribution in [-0.4, -0.2) is 54.6 Å². The quantitative estimate of drug-likeness (QED) is 0.772. The van der Waals surface area contributed by atoms with Crippen LogP contribution in [0.4, 0.5) is 4.79 Å². The molecule has 0 aromatic carbocycles. The van der Waals surface area contributed by atoms with E-state index in [2.05, 4.69) is 0 Å². The SMILES string of the molecule is CCOC(=O)N1CCCN(C(=O)CC(C)C)CC1. The third-order valence-electron chi connectivity index (χ3n) is 2.96. The highest BCUT2D eigenvalue weighted by Crippen LogP contribution is 2.09. The third kappa shape index (κ3) is 4.55. The number of nitrogens with zero attached hydrogens (tertiary/aromatic N) is 2. The molecule has 1 rings (SSSR count). The van der Waals surface area contributed by atoms with Crippen LogP contribution in [0.15, 0.2) is 0 Å². The average Bonchev–Trinajstić information content (AvgIpc) is 2.53. The largest absolute Gasteiger partial charge is 0.450 e. The molecule has 0 saturated carbocycles. The monoisotopic (exact) mass is 256 g/mol. The van der Waals surface area contributed by atoms with Crippen LogP contribution in [0.5, 0.6) is 0 Å². The van der Waals surface area contributed by atoms with Crippen molar-refractivity contribution in [3.05, 3.63) is 0 Å². The van der Waals surface area contributed by atoms with Crippen molar-refractivity contribution < 1.29 is 14.3 Å². The highest BCUT2D eigenvalue weighted by atomic mass is 16.6. The first kappa shape index (κ1) is 14.8. The van der Waals surface area contributed by atoms with E-state index in [-0.39, 0.29) is 12.0 Å². The highest BCUT2D eigenvalue weighted by molar-refractivity contribution is 5.76. The zero-order valence-corrected chi connectivity index (χ0v) is 11.6. The number of carbonyl (C=O) groups is 2. The topological polar surface area (TPSA) is 49.9 Å². The molecule has 1 aliphatic heterocycles. The fourth-order valence-electron chi connectivity index (χ4n) is 2.04. The third-order valence-corrected chi connectivity index (χ3v) is 2.96. The van der Waals surface area contributed by atoms with Crippen molar-refractivity contribution in [1.82, 2.24) is 9.80 Å². The standard InChI is InChI=1S/C13H24N2O3/c1-4-18-13(17)15-7-5-6-14(8-9-15)12(16)10-11(2)3/h11H,4-10H2,1-3H3. The van der Waals surface area contributed by atoms with Gasteiger partial charge in [-0.3, -0.25) is 4.79 Å². The number of ether oxygens (including phenoxy) is 1. The van der Waals surface area contributed by atoms with Gasteiger partial charge < -0.3 is 14.5 Å². The van der Waals surface area contributed by atoms with Gasteiger partial charge in [0.05, 0.1) is 6.61 Å². The summed E-state index contributed by atoms with van der Waals surface area (Å²) >= 11 is 0. The van der Waals surface area contributed by atoms with Gasteiger partial charge in [0.15, 0.2) is 0 Å². The van der Waals surface area contributed by atoms with E-state index in [1.807, 2.05) is 18.7 Å². The van der Waals surface area contributed by atoms with E-state index in [4.69, 9.17) is 4.74 Å². The van der Waals surface area contributed by atoms with Gasteiger partial charge in [0.25, 0.3) is 0 Å². The van der Waals surface area contributed by atoms with Crippen molar-refractivity contribution in [3.63, 3.8) is 0 Å². The van der Waals surface area contributed by atoms with E-state index >= 15 is 0 Å². The summed E-state index contributed by atoms with van der Waals surface area (Å²) in [5, 5.41) is 0. The van der Waals surface area contributed by atoms with Crippen molar-refractivity contribution in [3.8, 4) is 0 Å². The Balaban J connectivity index is 2.45. The van der Waals surface area contributed by atoms with Crippen molar-refractivity contribution in [2.45, 2.75) is 33.6 Å². The minimum absolute atomic E-state index is 0.190. The van der Waals surface area contributed by atoms with E-state index in [9.17, 15) is 9.59 Å². The summed E-state index contributed by atoms with van der Waals surface area (Å²) in [7, 11) is 0. The smallest absolute Gasteiger partial charge is 0.409 e. The molecule has 0 spiro atoms. The maximum Gasteiger partial charge on any atom is 0.409 e. The van der Waals surface area contributed by atoms with E-state index < -0.39 is 0 Å². The second kappa shape index (κ2) is 7.24. The zero-order chi connectivity index (χ0) is 13.5. The molecule has 0 N–H and O–H groups in total. The Morgan fingerprint density at radius 3 is 2.33 bits per heavy atom. The van der Waals surface area contributed by atoms with Gasteiger partial charge in [-0.2, -0.15) is 0 Å². The lowest BCUT2D eigenvalue weighted by molar-refractivity contribution is -0.131. The van der Waals surface area contributed by atoms with Gasteiger partial charge >= 0.3 is 6.09 Å². The van der Waals surface area contributed by atoms with Gasteiger partial charge in [-0.25, -0.2) is 4.79 Å². The zero-order valence-electron chi connectivity index (χ0n) is 11.6. The van der Waals surface area contributed by atoms with E-state index in [0.717, 1.165) is 13.0 Å². The van der Waals surface area contributed by atoms with E-state index in [1.165, 1.54) is 0 Å². The molecule has 0 aromatic rings. The highest BCUT2D eigenvalue weighted by Gasteiger charge is 2.22. The predicted octanol–water partition coefficient (Wildman–Crippen LogP) is 1.72. The maximum atomic E-state index is 12.0. The van der Waals surface area contributed by atoms with Crippen LogP contribution in [0.2, 0.25) is 0 Å². The molecule has 1 heterocycles. The van der Waals surface area contributed by atoms with Crippen molar-refractivity contribution in [2.24, 2.45) is 5.92 Å². The molecule has 0 aliphatic carbocycles. The molecule has 0 bridgehead atoms. The molecule has 18 heavy (non-hydrogen) atoms. The maximum absolute atomic E-state index is 12.0. The van der Waals surface area contributed by atoms with Crippen LogP contribution in [0.25, 0.3) is 0 Å². The molecule has 104 valence electrons. The lowest BCUT2D eigenvalue weighted by Gasteiger charge is -2.22. The number of carbonyl (C=O) groups excluding carboxylic acids is 2. The normalized spacial score (nSPS) is 16.7. The number of hydrogen-bond donors (Lipinski definition) is 0. The minimum atomic E-state index is -0.268. The molecule has 0 aromatic heterocycles. The Bertz CT molecular complexity index is 292. The van der Waals surface area contributed by atoms with Gasteiger partial charge in [0, 0.05) is 32.6 Å². The number of hydrogen-bond acceptors (Lipinski definition) is 3. The fraction of sp³-hybridized carbons (Fsp3) is 0.846. The average molecular weight is 256 g/mol. The Morgan fingerprint density at radius 2 is 1.72 bits per heavy atom. The summed E-state index contributed by atoms with van der Waals surface area (Å²) in [4.78, 5) is 27.1. The van der Waals surface area contributed by atoms with Gasteiger partial charge in [0.1, 0.15) is 0 Å². The molecule has 5 nitrogen and oxygen atoms in total. The first-order chi connectivity index (χ1) is 8.54. The minimum Gasteiger partial charge on any atom is -0.450 e.